The highest BCUT2D eigenvalue weighted by atomic mass is 16.1. The van der Waals surface area contributed by atoms with E-state index in [2.05, 4.69) is 6.58 Å². The number of hydrogen-bond acceptors (Lipinski definition) is 1. The predicted octanol–water partition coefficient (Wildman–Crippen LogP) is 5.23. The third kappa shape index (κ3) is 2.61. The van der Waals surface area contributed by atoms with Crippen LogP contribution in [0.25, 0.3) is 17.2 Å². The minimum atomic E-state index is 0.0371. The first kappa shape index (κ1) is 14.0. The topological polar surface area (TPSA) is 17.1 Å². The van der Waals surface area contributed by atoms with Gasteiger partial charge < -0.3 is 0 Å². The summed E-state index contributed by atoms with van der Waals surface area (Å²) in [4.78, 5) is 12.8. The first-order chi connectivity index (χ1) is 10.8. The maximum absolute atomic E-state index is 12.8. The van der Waals surface area contributed by atoms with Crippen molar-refractivity contribution < 1.29 is 4.79 Å². The largest absolute Gasteiger partial charge is 0.289 e. The van der Waals surface area contributed by atoms with Gasteiger partial charge in [-0.05, 0) is 16.7 Å². The normalized spacial score (nSPS) is 10.2. The Labute approximate surface area is 130 Å². The summed E-state index contributed by atoms with van der Waals surface area (Å²) in [7, 11) is 0. The van der Waals surface area contributed by atoms with Gasteiger partial charge in [0.2, 0.25) is 0 Å². The molecule has 0 atom stereocenters. The highest BCUT2D eigenvalue weighted by molar-refractivity contribution is 6.13. The highest BCUT2D eigenvalue weighted by Gasteiger charge is 2.15. The zero-order chi connectivity index (χ0) is 15.4. The summed E-state index contributed by atoms with van der Waals surface area (Å²) in [6, 6.07) is 25.1. The van der Waals surface area contributed by atoms with Crippen LogP contribution in [0.15, 0.2) is 85.4 Å². The van der Waals surface area contributed by atoms with Crippen LogP contribution >= 0.6 is 0 Å². The van der Waals surface area contributed by atoms with Crippen molar-refractivity contribution in [3.05, 3.63) is 102 Å². The van der Waals surface area contributed by atoms with Gasteiger partial charge in [-0.2, -0.15) is 0 Å². The number of ketones is 1. The summed E-state index contributed by atoms with van der Waals surface area (Å²) in [6.45, 7) is 3.86. The van der Waals surface area contributed by atoms with E-state index in [1.165, 1.54) is 0 Å². The monoisotopic (exact) mass is 284 g/mol. The Kier molecular flexibility index (Phi) is 3.97. The summed E-state index contributed by atoms with van der Waals surface area (Å²) in [5.41, 5.74) is 4.40. The van der Waals surface area contributed by atoms with E-state index in [0.717, 1.165) is 16.7 Å². The standard InChI is InChI=1S/C21H16O/c1-2-16-10-6-7-13-18(16)19-14-8-9-15-20(19)21(22)17-11-4-3-5-12-17/h2-15H,1H2. The zero-order valence-electron chi connectivity index (χ0n) is 12.2. The zero-order valence-corrected chi connectivity index (χ0v) is 12.2. The lowest BCUT2D eigenvalue weighted by Crippen LogP contribution is -2.03. The Morgan fingerprint density at radius 3 is 2.05 bits per heavy atom. The van der Waals surface area contributed by atoms with Gasteiger partial charge in [0.15, 0.2) is 5.78 Å². The summed E-state index contributed by atoms with van der Waals surface area (Å²) in [5, 5.41) is 0. The van der Waals surface area contributed by atoms with Gasteiger partial charge in [0.05, 0.1) is 0 Å². The van der Waals surface area contributed by atoms with E-state index in [1.807, 2.05) is 84.9 Å². The molecule has 0 heterocycles. The van der Waals surface area contributed by atoms with E-state index in [-0.39, 0.29) is 5.78 Å². The van der Waals surface area contributed by atoms with Gasteiger partial charge in [-0.1, -0.05) is 91.5 Å². The molecule has 0 amide bonds. The fourth-order valence-electron chi connectivity index (χ4n) is 2.58. The molecule has 0 radical (unpaired) electrons. The molecule has 0 spiro atoms. The highest BCUT2D eigenvalue weighted by Crippen LogP contribution is 2.29. The first-order valence-corrected chi connectivity index (χ1v) is 7.22. The van der Waals surface area contributed by atoms with Gasteiger partial charge in [-0.25, -0.2) is 0 Å². The second kappa shape index (κ2) is 6.23. The van der Waals surface area contributed by atoms with Gasteiger partial charge in [-0.15, -0.1) is 0 Å². The van der Waals surface area contributed by atoms with Gasteiger partial charge in [0.25, 0.3) is 0 Å². The maximum Gasteiger partial charge on any atom is 0.193 e. The van der Waals surface area contributed by atoms with Crippen molar-refractivity contribution in [2.75, 3.05) is 0 Å². The third-order valence-electron chi connectivity index (χ3n) is 3.68. The van der Waals surface area contributed by atoms with Crippen molar-refractivity contribution in [2.45, 2.75) is 0 Å². The molecule has 0 N–H and O–H groups in total. The van der Waals surface area contributed by atoms with E-state index >= 15 is 0 Å². The predicted molar refractivity (Wildman–Crippen MR) is 91.8 cm³/mol. The number of benzene rings is 3. The molecule has 3 aromatic carbocycles. The molecule has 0 fully saturated rings. The van der Waals surface area contributed by atoms with Gasteiger partial charge in [-0.3, -0.25) is 4.79 Å². The second-order valence-electron chi connectivity index (χ2n) is 5.03. The molecule has 0 bridgehead atoms. The average molecular weight is 284 g/mol. The summed E-state index contributed by atoms with van der Waals surface area (Å²) < 4.78 is 0. The van der Waals surface area contributed by atoms with Crippen molar-refractivity contribution >= 4 is 11.9 Å². The summed E-state index contributed by atoms with van der Waals surface area (Å²) in [6.07, 6.45) is 1.82. The minimum absolute atomic E-state index is 0.0371. The van der Waals surface area contributed by atoms with E-state index in [1.54, 1.807) is 0 Å². The summed E-state index contributed by atoms with van der Waals surface area (Å²) in [5.74, 6) is 0.0371. The van der Waals surface area contributed by atoms with Crippen LogP contribution in [-0.2, 0) is 0 Å². The number of carbonyl (C=O) groups excluding carboxylic acids is 1. The molecular formula is C21H16O. The van der Waals surface area contributed by atoms with Crippen LogP contribution in [0.5, 0.6) is 0 Å². The van der Waals surface area contributed by atoms with Crippen molar-refractivity contribution in [3.8, 4) is 11.1 Å². The molecule has 0 saturated heterocycles. The lowest BCUT2D eigenvalue weighted by molar-refractivity contribution is 0.103. The molecule has 1 heteroatoms. The van der Waals surface area contributed by atoms with Crippen molar-refractivity contribution in [1.82, 2.24) is 0 Å². The Hall–Kier alpha value is -2.93. The fourth-order valence-corrected chi connectivity index (χ4v) is 2.58. The Bertz CT molecular complexity index is 816. The van der Waals surface area contributed by atoms with Crippen LogP contribution in [0.4, 0.5) is 0 Å². The molecule has 0 aliphatic carbocycles. The SMILES string of the molecule is C=Cc1ccccc1-c1ccccc1C(=O)c1ccccc1. The quantitative estimate of drug-likeness (QED) is 0.600. The van der Waals surface area contributed by atoms with Crippen molar-refractivity contribution in [3.63, 3.8) is 0 Å². The van der Waals surface area contributed by atoms with Crippen LogP contribution in [0.3, 0.4) is 0 Å². The summed E-state index contributed by atoms with van der Waals surface area (Å²) >= 11 is 0. The lowest BCUT2D eigenvalue weighted by Gasteiger charge is -2.11. The molecule has 0 saturated carbocycles. The van der Waals surface area contributed by atoms with Crippen LogP contribution in [0, 0.1) is 0 Å². The molecule has 22 heavy (non-hydrogen) atoms. The molecule has 3 aromatic rings. The van der Waals surface area contributed by atoms with E-state index in [0.29, 0.717) is 11.1 Å². The Morgan fingerprint density at radius 1 is 0.727 bits per heavy atom. The van der Waals surface area contributed by atoms with Crippen molar-refractivity contribution in [1.29, 1.82) is 0 Å². The van der Waals surface area contributed by atoms with Gasteiger partial charge >= 0.3 is 0 Å². The molecular weight excluding hydrogens is 268 g/mol. The van der Waals surface area contributed by atoms with Gasteiger partial charge in [0, 0.05) is 11.1 Å². The number of carbonyl (C=O) groups is 1. The van der Waals surface area contributed by atoms with E-state index in [9.17, 15) is 4.79 Å². The molecule has 0 unspecified atom stereocenters. The number of hydrogen-bond donors (Lipinski definition) is 0. The molecule has 0 aliphatic heterocycles. The number of rotatable bonds is 4. The second-order valence-corrected chi connectivity index (χ2v) is 5.03. The molecule has 3 rings (SSSR count). The van der Waals surface area contributed by atoms with Crippen molar-refractivity contribution in [2.24, 2.45) is 0 Å². The minimum Gasteiger partial charge on any atom is -0.289 e. The Morgan fingerprint density at radius 2 is 1.32 bits per heavy atom. The Balaban J connectivity index is 2.15. The molecule has 106 valence electrons. The van der Waals surface area contributed by atoms with Crippen LogP contribution < -0.4 is 0 Å². The lowest BCUT2D eigenvalue weighted by atomic mass is 9.91. The molecule has 1 nitrogen and oxygen atoms in total. The van der Waals surface area contributed by atoms with E-state index in [4.69, 9.17) is 0 Å². The fraction of sp³-hybridized carbons (Fsp3) is 0. The van der Waals surface area contributed by atoms with Crippen LogP contribution in [0.2, 0.25) is 0 Å². The molecule has 0 aliphatic rings. The third-order valence-corrected chi connectivity index (χ3v) is 3.68. The molecule has 0 aromatic heterocycles. The van der Waals surface area contributed by atoms with E-state index < -0.39 is 0 Å². The smallest absolute Gasteiger partial charge is 0.193 e. The van der Waals surface area contributed by atoms with Crippen LogP contribution in [-0.4, -0.2) is 5.78 Å². The van der Waals surface area contributed by atoms with Crippen LogP contribution in [0.1, 0.15) is 21.5 Å². The van der Waals surface area contributed by atoms with Gasteiger partial charge in [0.1, 0.15) is 0 Å². The maximum atomic E-state index is 12.8. The first-order valence-electron chi connectivity index (χ1n) is 7.22. The average Bonchev–Trinajstić information content (AvgIpc) is 2.62.